The van der Waals surface area contributed by atoms with Crippen molar-refractivity contribution in [3.05, 3.63) is 72.3 Å². The molecule has 8 heteroatoms. The number of hydrogen-bond donors (Lipinski definition) is 2. The van der Waals surface area contributed by atoms with Gasteiger partial charge in [-0.1, -0.05) is 12.1 Å². The first-order valence-corrected chi connectivity index (χ1v) is 10.2. The summed E-state index contributed by atoms with van der Waals surface area (Å²) in [6, 6.07) is 14.3. The second kappa shape index (κ2) is 8.51. The molecular weight excluding hydrogens is 392 g/mol. The van der Waals surface area contributed by atoms with Gasteiger partial charge in [0, 0.05) is 38.1 Å². The van der Waals surface area contributed by atoms with Crippen LogP contribution < -0.4 is 11.1 Å². The number of rotatable bonds is 4. The number of hydrogen-bond acceptors (Lipinski definition) is 6. The molecule has 0 aliphatic carbocycles. The Morgan fingerprint density at radius 3 is 2.68 bits per heavy atom. The molecule has 1 saturated heterocycles. The fourth-order valence-corrected chi connectivity index (χ4v) is 4.06. The van der Waals surface area contributed by atoms with E-state index in [1.807, 2.05) is 30.3 Å². The molecule has 0 radical (unpaired) electrons. The van der Waals surface area contributed by atoms with Crippen LogP contribution in [0.15, 0.2) is 60.9 Å². The molecule has 1 unspecified atom stereocenters. The number of nitrogens with two attached hydrogens (primary N) is 1. The third-order valence-corrected chi connectivity index (χ3v) is 5.65. The molecule has 3 aromatic rings. The molecule has 4 rings (SSSR count). The Kier molecular flexibility index (Phi) is 5.62. The van der Waals surface area contributed by atoms with Crippen molar-refractivity contribution in [3.8, 4) is 11.3 Å². The summed E-state index contributed by atoms with van der Waals surface area (Å²) in [6.45, 7) is 0.803. The second-order valence-electron chi connectivity index (χ2n) is 7.59. The standard InChI is InChI=1S/C23H24N6O2/c1-25-22(31)23(19-8-2-3-12-26-19)11-5-13-29(15-23)21(30)18-7-4-6-17(28-18)16-9-10-20(24)27-14-16/h2-4,6-10,12,14H,5,11,13,15H2,1H3,(H2,24,27)(H,25,31). The predicted molar refractivity (Wildman–Crippen MR) is 117 cm³/mol. The number of carbonyl (C=O) groups is 2. The molecule has 0 saturated carbocycles. The number of nitrogens with zero attached hydrogens (tertiary/aromatic N) is 4. The van der Waals surface area contributed by atoms with Gasteiger partial charge in [-0.15, -0.1) is 0 Å². The van der Waals surface area contributed by atoms with Gasteiger partial charge in [-0.2, -0.15) is 0 Å². The Morgan fingerprint density at radius 2 is 1.97 bits per heavy atom. The largest absolute Gasteiger partial charge is 0.384 e. The van der Waals surface area contributed by atoms with Crippen LogP contribution in [0, 0.1) is 0 Å². The first-order valence-electron chi connectivity index (χ1n) is 10.2. The zero-order valence-electron chi connectivity index (χ0n) is 17.3. The monoisotopic (exact) mass is 416 g/mol. The number of likely N-dealkylation sites (N-methyl/N-ethyl adjacent to an activating group) is 1. The molecule has 158 valence electrons. The van der Waals surface area contributed by atoms with E-state index in [2.05, 4.69) is 20.3 Å². The van der Waals surface area contributed by atoms with Crippen molar-refractivity contribution in [2.75, 3.05) is 25.9 Å². The van der Waals surface area contributed by atoms with E-state index in [1.165, 1.54) is 0 Å². The van der Waals surface area contributed by atoms with Crippen molar-refractivity contribution >= 4 is 17.6 Å². The van der Waals surface area contributed by atoms with Crippen LogP contribution >= 0.6 is 0 Å². The Balaban J connectivity index is 1.64. The number of aromatic nitrogens is 3. The molecule has 4 heterocycles. The number of likely N-dealkylation sites (tertiary alicyclic amines) is 1. The molecule has 1 aliphatic heterocycles. The third-order valence-electron chi connectivity index (χ3n) is 5.65. The van der Waals surface area contributed by atoms with E-state index in [0.29, 0.717) is 42.3 Å². The maximum Gasteiger partial charge on any atom is 0.272 e. The van der Waals surface area contributed by atoms with Crippen molar-refractivity contribution in [2.45, 2.75) is 18.3 Å². The van der Waals surface area contributed by atoms with E-state index < -0.39 is 5.41 Å². The molecule has 0 spiro atoms. The van der Waals surface area contributed by atoms with Crippen molar-refractivity contribution in [1.29, 1.82) is 0 Å². The van der Waals surface area contributed by atoms with Gasteiger partial charge in [0.1, 0.15) is 16.9 Å². The van der Waals surface area contributed by atoms with E-state index in [1.54, 1.807) is 42.5 Å². The molecule has 0 bridgehead atoms. The molecular formula is C23H24N6O2. The molecule has 2 amide bonds. The Hall–Kier alpha value is -3.81. The van der Waals surface area contributed by atoms with Crippen LogP contribution in [0.1, 0.15) is 29.0 Å². The van der Waals surface area contributed by atoms with Crippen LogP contribution in [-0.2, 0) is 10.2 Å². The number of anilines is 1. The molecule has 8 nitrogen and oxygen atoms in total. The summed E-state index contributed by atoms with van der Waals surface area (Å²) in [5.74, 6) is 0.0666. The summed E-state index contributed by atoms with van der Waals surface area (Å²) in [6.07, 6.45) is 4.62. The molecule has 31 heavy (non-hydrogen) atoms. The number of nitrogens with one attached hydrogen (secondary N) is 1. The topological polar surface area (TPSA) is 114 Å². The highest BCUT2D eigenvalue weighted by atomic mass is 16.2. The van der Waals surface area contributed by atoms with Gasteiger partial charge in [0.05, 0.1) is 11.4 Å². The quantitative estimate of drug-likeness (QED) is 0.673. The fourth-order valence-electron chi connectivity index (χ4n) is 4.06. The maximum absolute atomic E-state index is 13.3. The number of nitrogen functional groups attached to an aromatic ring is 1. The summed E-state index contributed by atoms with van der Waals surface area (Å²) in [5.41, 5.74) is 7.17. The summed E-state index contributed by atoms with van der Waals surface area (Å²) in [7, 11) is 1.61. The van der Waals surface area contributed by atoms with Gasteiger partial charge < -0.3 is 16.0 Å². The molecule has 1 fully saturated rings. The summed E-state index contributed by atoms with van der Waals surface area (Å²) in [4.78, 5) is 41.1. The lowest BCUT2D eigenvalue weighted by Crippen LogP contribution is -2.56. The first kappa shape index (κ1) is 20.5. The van der Waals surface area contributed by atoms with Crippen LogP contribution in [0.3, 0.4) is 0 Å². The Morgan fingerprint density at radius 1 is 1.10 bits per heavy atom. The molecule has 1 aliphatic rings. The van der Waals surface area contributed by atoms with Crippen molar-refractivity contribution in [1.82, 2.24) is 25.2 Å². The highest BCUT2D eigenvalue weighted by Crippen LogP contribution is 2.34. The minimum Gasteiger partial charge on any atom is -0.384 e. The van der Waals surface area contributed by atoms with Gasteiger partial charge in [-0.3, -0.25) is 14.6 Å². The maximum atomic E-state index is 13.3. The van der Waals surface area contributed by atoms with Crippen LogP contribution in [-0.4, -0.2) is 51.8 Å². The number of piperidine rings is 1. The van der Waals surface area contributed by atoms with E-state index in [-0.39, 0.29) is 18.4 Å². The Bertz CT molecular complexity index is 1090. The third kappa shape index (κ3) is 3.96. The summed E-state index contributed by atoms with van der Waals surface area (Å²) < 4.78 is 0. The molecule has 3 N–H and O–H groups in total. The second-order valence-corrected chi connectivity index (χ2v) is 7.59. The number of carbonyl (C=O) groups excluding carboxylic acids is 2. The lowest BCUT2D eigenvalue weighted by atomic mass is 9.75. The van der Waals surface area contributed by atoms with Gasteiger partial charge in [0.2, 0.25) is 5.91 Å². The predicted octanol–water partition coefficient (Wildman–Crippen LogP) is 2.04. The number of amides is 2. The lowest BCUT2D eigenvalue weighted by molar-refractivity contribution is -0.128. The average Bonchev–Trinajstić information content (AvgIpc) is 2.84. The SMILES string of the molecule is CNC(=O)C1(c2ccccn2)CCCN(C(=O)c2cccc(-c3ccc(N)nc3)n2)C1. The van der Waals surface area contributed by atoms with Crippen LogP contribution in [0.5, 0.6) is 0 Å². The lowest BCUT2D eigenvalue weighted by Gasteiger charge is -2.41. The van der Waals surface area contributed by atoms with E-state index >= 15 is 0 Å². The highest BCUT2D eigenvalue weighted by Gasteiger charge is 2.45. The van der Waals surface area contributed by atoms with E-state index in [4.69, 9.17) is 5.73 Å². The van der Waals surface area contributed by atoms with E-state index in [9.17, 15) is 9.59 Å². The van der Waals surface area contributed by atoms with Gasteiger partial charge >= 0.3 is 0 Å². The molecule has 1 atom stereocenters. The fraction of sp³-hybridized carbons (Fsp3) is 0.261. The van der Waals surface area contributed by atoms with Crippen molar-refractivity contribution in [2.24, 2.45) is 0 Å². The summed E-state index contributed by atoms with van der Waals surface area (Å²) in [5, 5.41) is 2.76. The molecule has 3 aromatic heterocycles. The van der Waals surface area contributed by atoms with Crippen molar-refractivity contribution in [3.63, 3.8) is 0 Å². The van der Waals surface area contributed by atoms with E-state index in [0.717, 1.165) is 5.56 Å². The minimum atomic E-state index is -0.887. The first-order chi connectivity index (χ1) is 15.0. The van der Waals surface area contributed by atoms with Crippen molar-refractivity contribution < 1.29 is 9.59 Å². The van der Waals surface area contributed by atoms with Crippen LogP contribution in [0.2, 0.25) is 0 Å². The normalized spacial score (nSPS) is 18.4. The molecule has 0 aromatic carbocycles. The summed E-state index contributed by atoms with van der Waals surface area (Å²) >= 11 is 0. The van der Waals surface area contributed by atoms with Gasteiger partial charge in [-0.25, -0.2) is 9.97 Å². The van der Waals surface area contributed by atoms with Gasteiger partial charge in [0.25, 0.3) is 5.91 Å². The van der Waals surface area contributed by atoms with Gasteiger partial charge in [-0.05, 0) is 49.2 Å². The van der Waals surface area contributed by atoms with Crippen LogP contribution in [0.4, 0.5) is 5.82 Å². The zero-order chi connectivity index (χ0) is 21.8. The smallest absolute Gasteiger partial charge is 0.272 e. The zero-order valence-corrected chi connectivity index (χ0v) is 17.3. The van der Waals surface area contributed by atoms with Crippen LogP contribution in [0.25, 0.3) is 11.3 Å². The number of pyridine rings is 3. The van der Waals surface area contributed by atoms with Gasteiger partial charge in [0.15, 0.2) is 0 Å². The average molecular weight is 416 g/mol. The minimum absolute atomic E-state index is 0.140. The Labute approximate surface area is 180 Å². The highest BCUT2D eigenvalue weighted by molar-refractivity contribution is 5.94.